The second-order valence-electron chi connectivity index (χ2n) is 8.61. The van der Waals surface area contributed by atoms with Crippen LogP contribution in [0.15, 0.2) is 48.7 Å². The van der Waals surface area contributed by atoms with Gasteiger partial charge in [0.25, 0.3) is 0 Å². The molecular formula is C25H33N5. The minimum absolute atomic E-state index is 0.319. The van der Waals surface area contributed by atoms with Gasteiger partial charge < -0.3 is 4.90 Å². The third-order valence-corrected chi connectivity index (χ3v) is 6.50. The molecule has 0 radical (unpaired) electrons. The molecule has 1 aliphatic heterocycles. The summed E-state index contributed by atoms with van der Waals surface area (Å²) >= 11 is 0. The molecule has 1 atom stereocenters. The summed E-state index contributed by atoms with van der Waals surface area (Å²) in [5.41, 5.74) is 7.69. The summed E-state index contributed by atoms with van der Waals surface area (Å²) in [6.45, 7) is 14.3. The minimum Gasteiger partial charge on any atom is -0.369 e. The molecule has 1 fully saturated rings. The maximum absolute atomic E-state index is 4.40. The number of hydrogen-bond acceptors (Lipinski definition) is 4. The Labute approximate surface area is 180 Å². The third-order valence-electron chi connectivity index (χ3n) is 6.50. The van der Waals surface area contributed by atoms with Gasteiger partial charge in [-0.3, -0.25) is 4.90 Å². The predicted molar refractivity (Wildman–Crippen MR) is 124 cm³/mol. The van der Waals surface area contributed by atoms with Gasteiger partial charge in [-0.15, -0.1) is 5.10 Å². The predicted octanol–water partition coefficient (Wildman–Crippen LogP) is 4.64. The van der Waals surface area contributed by atoms with E-state index in [1.807, 2.05) is 6.20 Å². The van der Waals surface area contributed by atoms with E-state index in [-0.39, 0.29) is 0 Å². The SMILES string of the molecule is Cc1ccc(N2CCN(CCC(C)n3nncc3-c3ccccc3C)CC2)cc1C. The van der Waals surface area contributed by atoms with Crippen molar-refractivity contribution in [3.05, 3.63) is 65.4 Å². The van der Waals surface area contributed by atoms with Gasteiger partial charge in [0.05, 0.1) is 17.9 Å². The Morgan fingerprint density at radius 2 is 1.67 bits per heavy atom. The first-order valence-electron chi connectivity index (χ1n) is 11.0. The van der Waals surface area contributed by atoms with Gasteiger partial charge in [0.2, 0.25) is 0 Å². The van der Waals surface area contributed by atoms with E-state index in [2.05, 4.69) is 95.0 Å². The summed E-state index contributed by atoms with van der Waals surface area (Å²) in [5.74, 6) is 0. The third kappa shape index (κ3) is 4.41. The van der Waals surface area contributed by atoms with Gasteiger partial charge in [-0.1, -0.05) is 35.5 Å². The number of benzene rings is 2. The molecule has 30 heavy (non-hydrogen) atoms. The lowest BCUT2D eigenvalue weighted by molar-refractivity contribution is 0.238. The fourth-order valence-electron chi connectivity index (χ4n) is 4.27. The Morgan fingerprint density at radius 1 is 0.900 bits per heavy atom. The van der Waals surface area contributed by atoms with Crippen LogP contribution in [-0.4, -0.2) is 52.6 Å². The Kier molecular flexibility index (Phi) is 6.18. The molecule has 0 aliphatic carbocycles. The number of nitrogens with zero attached hydrogens (tertiary/aromatic N) is 5. The molecule has 0 bridgehead atoms. The molecule has 158 valence electrons. The fraction of sp³-hybridized carbons (Fsp3) is 0.440. The van der Waals surface area contributed by atoms with E-state index in [0.29, 0.717) is 6.04 Å². The molecule has 0 saturated carbocycles. The van der Waals surface area contributed by atoms with Gasteiger partial charge >= 0.3 is 0 Å². The molecule has 2 heterocycles. The normalized spacial score (nSPS) is 16.1. The van der Waals surface area contributed by atoms with Crippen molar-refractivity contribution in [1.82, 2.24) is 19.9 Å². The quantitative estimate of drug-likeness (QED) is 0.601. The largest absolute Gasteiger partial charge is 0.369 e. The van der Waals surface area contributed by atoms with Crippen LogP contribution in [0.2, 0.25) is 0 Å². The molecule has 4 rings (SSSR count). The zero-order chi connectivity index (χ0) is 21.1. The molecule has 2 aromatic carbocycles. The number of aryl methyl sites for hydroxylation is 3. The van der Waals surface area contributed by atoms with E-state index in [4.69, 9.17) is 0 Å². The van der Waals surface area contributed by atoms with Crippen LogP contribution >= 0.6 is 0 Å². The molecular weight excluding hydrogens is 370 g/mol. The van der Waals surface area contributed by atoms with Crippen LogP contribution in [0.4, 0.5) is 5.69 Å². The van der Waals surface area contributed by atoms with Crippen LogP contribution in [0, 0.1) is 20.8 Å². The minimum atomic E-state index is 0.319. The number of anilines is 1. The lowest BCUT2D eigenvalue weighted by Crippen LogP contribution is -2.46. The second-order valence-corrected chi connectivity index (χ2v) is 8.61. The standard InChI is InChI=1S/C25H33N5/c1-19-9-10-23(17-21(19)3)29-15-13-28(14-16-29)12-11-22(4)30-25(18-26-27-30)24-8-6-5-7-20(24)2/h5-10,17-18,22H,11-16H2,1-4H3. The summed E-state index contributed by atoms with van der Waals surface area (Å²) in [4.78, 5) is 5.10. The molecule has 0 amide bonds. The van der Waals surface area contributed by atoms with E-state index in [1.165, 1.54) is 27.9 Å². The topological polar surface area (TPSA) is 37.2 Å². The highest BCUT2D eigenvalue weighted by Gasteiger charge is 2.20. The van der Waals surface area contributed by atoms with Crippen molar-refractivity contribution in [2.24, 2.45) is 0 Å². The molecule has 1 unspecified atom stereocenters. The number of hydrogen-bond donors (Lipinski definition) is 0. The molecule has 1 saturated heterocycles. The second kappa shape index (κ2) is 9.00. The first-order valence-corrected chi connectivity index (χ1v) is 11.0. The Bertz CT molecular complexity index is 985. The number of rotatable bonds is 6. The Morgan fingerprint density at radius 3 is 2.40 bits per heavy atom. The van der Waals surface area contributed by atoms with E-state index in [1.54, 1.807) is 0 Å². The van der Waals surface area contributed by atoms with Gasteiger partial charge in [-0.2, -0.15) is 0 Å². The maximum atomic E-state index is 4.40. The van der Waals surface area contributed by atoms with Crippen LogP contribution in [-0.2, 0) is 0 Å². The van der Waals surface area contributed by atoms with Crippen LogP contribution in [0.25, 0.3) is 11.3 Å². The molecule has 3 aromatic rings. The Balaban J connectivity index is 1.33. The molecule has 5 nitrogen and oxygen atoms in total. The van der Waals surface area contributed by atoms with Crippen molar-refractivity contribution in [3.8, 4) is 11.3 Å². The van der Waals surface area contributed by atoms with Gasteiger partial charge in [-0.25, -0.2) is 4.68 Å². The van der Waals surface area contributed by atoms with E-state index >= 15 is 0 Å². The first kappa shape index (κ1) is 20.6. The average molecular weight is 404 g/mol. The van der Waals surface area contributed by atoms with Gasteiger partial charge in [-0.05, 0) is 62.9 Å². The zero-order valence-electron chi connectivity index (χ0n) is 18.7. The lowest BCUT2D eigenvalue weighted by Gasteiger charge is -2.36. The van der Waals surface area contributed by atoms with Crippen molar-refractivity contribution in [2.45, 2.75) is 40.2 Å². The van der Waals surface area contributed by atoms with Crippen LogP contribution in [0.1, 0.15) is 36.1 Å². The van der Waals surface area contributed by atoms with Crippen molar-refractivity contribution < 1.29 is 0 Å². The highest BCUT2D eigenvalue weighted by Crippen LogP contribution is 2.26. The summed E-state index contributed by atoms with van der Waals surface area (Å²) in [5, 5.41) is 8.61. The van der Waals surface area contributed by atoms with Gasteiger partial charge in [0.15, 0.2) is 0 Å². The number of aromatic nitrogens is 3. The molecule has 0 spiro atoms. The van der Waals surface area contributed by atoms with Crippen LogP contribution in [0.5, 0.6) is 0 Å². The molecule has 5 heteroatoms. The molecule has 1 aromatic heterocycles. The summed E-state index contributed by atoms with van der Waals surface area (Å²) in [6.07, 6.45) is 2.97. The fourth-order valence-corrected chi connectivity index (χ4v) is 4.27. The van der Waals surface area contributed by atoms with Gasteiger partial charge in [0.1, 0.15) is 0 Å². The van der Waals surface area contributed by atoms with Crippen molar-refractivity contribution in [2.75, 3.05) is 37.6 Å². The average Bonchev–Trinajstić information content (AvgIpc) is 3.24. The van der Waals surface area contributed by atoms with Crippen LogP contribution < -0.4 is 4.90 Å². The first-order chi connectivity index (χ1) is 14.5. The smallest absolute Gasteiger partial charge is 0.0891 e. The zero-order valence-corrected chi connectivity index (χ0v) is 18.7. The van der Waals surface area contributed by atoms with E-state index in [0.717, 1.165) is 44.8 Å². The number of piperazine rings is 1. The van der Waals surface area contributed by atoms with Crippen LogP contribution in [0.3, 0.4) is 0 Å². The molecule has 0 N–H and O–H groups in total. The summed E-state index contributed by atoms with van der Waals surface area (Å²) in [6, 6.07) is 15.6. The summed E-state index contributed by atoms with van der Waals surface area (Å²) in [7, 11) is 0. The van der Waals surface area contributed by atoms with E-state index < -0.39 is 0 Å². The monoisotopic (exact) mass is 403 g/mol. The molecule has 1 aliphatic rings. The Hall–Kier alpha value is -2.66. The van der Waals surface area contributed by atoms with Gasteiger partial charge in [0, 0.05) is 44.0 Å². The lowest BCUT2D eigenvalue weighted by atomic mass is 10.1. The maximum Gasteiger partial charge on any atom is 0.0891 e. The van der Waals surface area contributed by atoms with Crippen molar-refractivity contribution in [1.29, 1.82) is 0 Å². The highest BCUT2D eigenvalue weighted by molar-refractivity contribution is 5.62. The van der Waals surface area contributed by atoms with E-state index in [9.17, 15) is 0 Å². The summed E-state index contributed by atoms with van der Waals surface area (Å²) < 4.78 is 2.09. The highest BCUT2D eigenvalue weighted by atomic mass is 15.4. The van der Waals surface area contributed by atoms with Crippen molar-refractivity contribution in [3.63, 3.8) is 0 Å². The van der Waals surface area contributed by atoms with Crippen molar-refractivity contribution >= 4 is 5.69 Å².